The summed E-state index contributed by atoms with van der Waals surface area (Å²) in [5.74, 6) is -11.0. The van der Waals surface area contributed by atoms with Crippen molar-refractivity contribution in [2.24, 2.45) is 34.8 Å². The molecule has 0 spiro atoms. The Kier molecular flexibility index (Phi) is 24.8. The number of primary amides is 2. The Balaban J connectivity index is 5.97. The average Bonchev–Trinajstić information content (AvgIpc) is 3.14. The molecule has 57 heavy (non-hydrogen) atoms. The largest absolute Gasteiger partial charge is 0.480 e. The number of nitrogens with two attached hydrogens (primary N) is 4. The highest BCUT2D eigenvalue weighted by molar-refractivity contribution is 7.80. The molecule has 0 unspecified atom stereocenters. The van der Waals surface area contributed by atoms with E-state index in [2.05, 4.69) is 62.5 Å². The second-order valence-electron chi connectivity index (χ2n) is 13.6. The van der Waals surface area contributed by atoms with Gasteiger partial charge in [0.15, 0.2) is 0 Å². The molecular formula is C33H59N11O11S2. The molecule has 24 heteroatoms. The molecule has 0 aliphatic heterocycles. The minimum absolute atomic E-state index is 0.0243. The number of hydrogen-bond donors (Lipinski definition) is 14. The summed E-state index contributed by atoms with van der Waals surface area (Å²) in [6.07, 6.45) is 0.0174. The Morgan fingerprint density at radius 1 is 0.614 bits per heavy atom. The van der Waals surface area contributed by atoms with Crippen molar-refractivity contribution < 1.29 is 53.1 Å². The number of carbonyl (C=O) groups is 10. The number of amides is 9. The van der Waals surface area contributed by atoms with E-state index in [1.165, 1.54) is 13.8 Å². The Bertz CT molecular complexity index is 1440. The Hall–Kier alpha value is -4.68. The Morgan fingerprint density at radius 3 is 1.58 bits per heavy atom. The fourth-order valence-corrected chi connectivity index (χ4v) is 5.35. The van der Waals surface area contributed by atoms with Gasteiger partial charge in [-0.05, 0) is 37.6 Å². The molecule has 0 aromatic heterocycles. The van der Waals surface area contributed by atoms with Gasteiger partial charge in [0.25, 0.3) is 0 Å². The summed E-state index contributed by atoms with van der Waals surface area (Å²) in [5.41, 5.74) is 21.9. The van der Waals surface area contributed by atoms with E-state index in [0.29, 0.717) is 25.8 Å². The summed E-state index contributed by atoms with van der Waals surface area (Å²) in [7, 11) is 0. The highest BCUT2D eigenvalue weighted by atomic mass is 32.1. The lowest BCUT2D eigenvalue weighted by molar-refractivity contribution is -0.141. The standard InChI is InChI=1S/C33H59N11O11S2/c1-5-16(4)26(44-27(48)17(35)13-56)32(53)40-18(8-6-7-9-34)28(49)38-12-24(47)39-19(10-22(36)45)30(51)43-25(15(2)3)31(52)41-20(11-23(37)46)29(50)42-21(14-57)33(54)55/h15-21,25-26,56-57H,5-14,34-35H2,1-4H3,(H2,36,45)(H2,37,46)(H,38,49)(H,39,47)(H,40,53)(H,41,52)(H,42,50)(H,43,51)(H,44,48)(H,54,55)/t16-,17-,18-,19-,20-,21-,25-,26-/m0/s1. The van der Waals surface area contributed by atoms with Crippen molar-refractivity contribution in [3.63, 3.8) is 0 Å². The maximum absolute atomic E-state index is 13.4. The maximum Gasteiger partial charge on any atom is 0.327 e. The predicted molar refractivity (Wildman–Crippen MR) is 213 cm³/mol. The zero-order valence-corrected chi connectivity index (χ0v) is 34.3. The first-order valence-corrected chi connectivity index (χ1v) is 19.5. The third-order valence-electron chi connectivity index (χ3n) is 8.47. The molecule has 0 rings (SSSR count). The molecule has 324 valence electrons. The molecule has 0 aromatic rings. The van der Waals surface area contributed by atoms with Gasteiger partial charge in [-0.1, -0.05) is 34.1 Å². The van der Waals surface area contributed by atoms with Crippen molar-refractivity contribution in [1.82, 2.24) is 37.2 Å². The third-order valence-corrected chi connectivity index (χ3v) is 9.23. The smallest absolute Gasteiger partial charge is 0.327 e. The summed E-state index contributed by atoms with van der Waals surface area (Å²) in [6.45, 7) is 6.10. The molecule has 0 aliphatic carbocycles. The summed E-state index contributed by atoms with van der Waals surface area (Å²) in [4.78, 5) is 126. The van der Waals surface area contributed by atoms with E-state index in [0.717, 1.165) is 0 Å². The van der Waals surface area contributed by atoms with Gasteiger partial charge in [0.2, 0.25) is 53.2 Å². The quantitative estimate of drug-likeness (QED) is 0.0259. The minimum Gasteiger partial charge on any atom is -0.480 e. The van der Waals surface area contributed by atoms with Crippen LogP contribution in [-0.4, -0.2) is 131 Å². The van der Waals surface area contributed by atoms with Gasteiger partial charge in [-0.2, -0.15) is 25.3 Å². The van der Waals surface area contributed by atoms with E-state index in [1.807, 2.05) is 0 Å². The summed E-state index contributed by atoms with van der Waals surface area (Å²) < 4.78 is 0. The molecule has 22 nitrogen and oxygen atoms in total. The first-order chi connectivity index (χ1) is 26.6. The molecule has 16 N–H and O–H groups in total. The fraction of sp³-hybridized carbons (Fsp3) is 0.697. The van der Waals surface area contributed by atoms with E-state index in [9.17, 15) is 53.1 Å². The topological polar surface area (TPSA) is 379 Å². The van der Waals surface area contributed by atoms with Crippen LogP contribution in [0.4, 0.5) is 0 Å². The number of carboxylic acids is 1. The lowest BCUT2D eigenvalue weighted by atomic mass is 9.97. The number of unbranched alkanes of at least 4 members (excludes halogenated alkanes) is 1. The number of carboxylic acid groups (broad SMARTS) is 1. The van der Waals surface area contributed by atoms with Crippen LogP contribution in [0.2, 0.25) is 0 Å². The Labute approximate surface area is 341 Å². The van der Waals surface area contributed by atoms with Crippen molar-refractivity contribution in [3.8, 4) is 0 Å². The molecular weight excluding hydrogens is 791 g/mol. The number of aliphatic carboxylic acids is 1. The third kappa shape index (κ3) is 19.8. The highest BCUT2D eigenvalue weighted by Crippen LogP contribution is 2.11. The molecule has 8 atom stereocenters. The van der Waals surface area contributed by atoms with E-state index in [-0.39, 0.29) is 23.8 Å². The van der Waals surface area contributed by atoms with Crippen molar-refractivity contribution in [2.75, 3.05) is 24.6 Å². The predicted octanol–water partition coefficient (Wildman–Crippen LogP) is -5.14. The lowest BCUT2D eigenvalue weighted by Gasteiger charge is -2.27. The van der Waals surface area contributed by atoms with Crippen molar-refractivity contribution in [1.29, 1.82) is 0 Å². The first-order valence-electron chi connectivity index (χ1n) is 18.2. The van der Waals surface area contributed by atoms with Crippen LogP contribution in [0.1, 0.15) is 66.2 Å². The molecule has 0 radical (unpaired) electrons. The van der Waals surface area contributed by atoms with Crippen molar-refractivity contribution >= 4 is 84.4 Å². The molecule has 0 bridgehead atoms. The van der Waals surface area contributed by atoms with Crippen LogP contribution in [0.15, 0.2) is 0 Å². The fourth-order valence-electron chi connectivity index (χ4n) is 4.93. The molecule has 0 heterocycles. The zero-order chi connectivity index (χ0) is 44.0. The molecule has 0 aliphatic rings. The number of thiol groups is 2. The van der Waals surface area contributed by atoms with E-state index >= 15 is 0 Å². The average molecular weight is 850 g/mol. The van der Waals surface area contributed by atoms with Gasteiger partial charge in [0.05, 0.1) is 25.4 Å². The second kappa shape index (κ2) is 27.0. The van der Waals surface area contributed by atoms with Gasteiger partial charge >= 0.3 is 5.97 Å². The molecule has 0 saturated carbocycles. The number of carbonyl (C=O) groups excluding carboxylic acids is 9. The van der Waals surface area contributed by atoms with Crippen LogP contribution in [0, 0.1) is 11.8 Å². The van der Waals surface area contributed by atoms with Crippen molar-refractivity contribution in [3.05, 3.63) is 0 Å². The van der Waals surface area contributed by atoms with Crippen LogP contribution in [0.3, 0.4) is 0 Å². The van der Waals surface area contributed by atoms with Crippen LogP contribution < -0.4 is 60.2 Å². The van der Waals surface area contributed by atoms with E-state index < -0.39 is 127 Å². The van der Waals surface area contributed by atoms with Crippen LogP contribution in [0.5, 0.6) is 0 Å². The monoisotopic (exact) mass is 849 g/mol. The summed E-state index contributed by atoms with van der Waals surface area (Å²) >= 11 is 7.86. The molecule has 0 saturated heterocycles. The SMILES string of the molecule is CC[C@H](C)[C@H](NC(=O)[C@@H](N)CS)C(=O)N[C@@H](CCCCN)C(=O)NCC(=O)N[C@@H](CC(N)=O)C(=O)N[C@H](C(=O)N[C@@H](CC(N)=O)C(=O)N[C@@H](CS)C(=O)O)C(C)C. The maximum atomic E-state index is 13.4. The summed E-state index contributed by atoms with van der Waals surface area (Å²) in [6, 6.07) is -9.45. The molecule has 0 fully saturated rings. The van der Waals surface area contributed by atoms with Gasteiger partial charge in [-0.15, -0.1) is 0 Å². The van der Waals surface area contributed by atoms with Crippen LogP contribution >= 0.6 is 25.3 Å². The first kappa shape index (κ1) is 52.3. The van der Waals surface area contributed by atoms with E-state index in [1.54, 1.807) is 13.8 Å². The molecule has 9 amide bonds. The Morgan fingerprint density at radius 2 is 1.11 bits per heavy atom. The van der Waals surface area contributed by atoms with Gasteiger partial charge in [-0.3, -0.25) is 43.2 Å². The normalized spacial score (nSPS) is 15.2. The molecule has 0 aromatic carbocycles. The van der Waals surface area contributed by atoms with Gasteiger partial charge in [0, 0.05) is 11.5 Å². The number of nitrogens with one attached hydrogen (secondary N) is 7. The van der Waals surface area contributed by atoms with E-state index in [4.69, 9.17) is 22.9 Å². The number of hydrogen-bond acceptors (Lipinski definition) is 14. The second-order valence-corrected chi connectivity index (χ2v) is 14.3. The van der Waals surface area contributed by atoms with Gasteiger partial charge in [-0.25, -0.2) is 4.79 Å². The lowest BCUT2D eigenvalue weighted by Crippen LogP contribution is -2.60. The highest BCUT2D eigenvalue weighted by Gasteiger charge is 2.35. The number of rotatable bonds is 28. The minimum atomic E-state index is -1.67. The summed E-state index contributed by atoms with van der Waals surface area (Å²) in [5, 5.41) is 25.8. The van der Waals surface area contributed by atoms with Gasteiger partial charge < -0.3 is 65.3 Å². The zero-order valence-electron chi connectivity index (χ0n) is 32.5. The van der Waals surface area contributed by atoms with Crippen LogP contribution in [-0.2, 0) is 47.9 Å². The van der Waals surface area contributed by atoms with Crippen LogP contribution in [0.25, 0.3) is 0 Å². The van der Waals surface area contributed by atoms with Gasteiger partial charge in [0.1, 0.15) is 36.3 Å². The van der Waals surface area contributed by atoms with Crippen molar-refractivity contribution in [2.45, 2.75) is 109 Å².